The van der Waals surface area contributed by atoms with Crippen LogP contribution >= 0.6 is 0 Å². The second-order valence-corrected chi connectivity index (χ2v) is 4.84. The molecule has 0 bridgehead atoms. The molecule has 0 saturated carbocycles. The van der Waals surface area contributed by atoms with Crippen LogP contribution in [0, 0.1) is 5.82 Å². The van der Waals surface area contributed by atoms with Crippen molar-refractivity contribution in [2.24, 2.45) is 0 Å². The summed E-state index contributed by atoms with van der Waals surface area (Å²) in [5.41, 5.74) is 0.859. The van der Waals surface area contributed by atoms with Crippen LogP contribution in [0.5, 0.6) is 11.5 Å². The summed E-state index contributed by atoms with van der Waals surface area (Å²) >= 11 is 0. The molecule has 100 valence electrons. The molecule has 1 fully saturated rings. The van der Waals surface area contributed by atoms with Crippen LogP contribution in [0.4, 0.5) is 4.39 Å². The van der Waals surface area contributed by atoms with Crippen LogP contribution in [0.3, 0.4) is 0 Å². The molecule has 1 aliphatic heterocycles. The van der Waals surface area contributed by atoms with Crippen LogP contribution in [-0.2, 0) is 0 Å². The average molecular weight is 253 g/mol. The molecule has 1 unspecified atom stereocenters. The van der Waals surface area contributed by atoms with Gasteiger partial charge in [-0.25, -0.2) is 4.39 Å². The normalized spacial score (nSPS) is 19.3. The zero-order valence-electron chi connectivity index (χ0n) is 11.1. The maximum Gasteiger partial charge on any atom is 0.166 e. The maximum absolute atomic E-state index is 13.6. The molecular formula is C14H20FNO2. The Balaban J connectivity index is 2.43. The molecule has 2 rings (SSSR count). The van der Waals surface area contributed by atoms with Crippen molar-refractivity contribution in [2.45, 2.75) is 38.8 Å². The summed E-state index contributed by atoms with van der Waals surface area (Å²) in [5, 5.41) is 3.36. The topological polar surface area (TPSA) is 30.5 Å². The molecule has 0 spiro atoms. The van der Waals surface area contributed by atoms with Crippen molar-refractivity contribution >= 4 is 0 Å². The van der Waals surface area contributed by atoms with Crippen molar-refractivity contribution < 1.29 is 13.9 Å². The van der Waals surface area contributed by atoms with Gasteiger partial charge in [0, 0.05) is 17.7 Å². The fourth-order valence-corrected chi connectivity index (χ4v) is 2.31. The molecule has 0 aromatic heterocycles. The Morgan fingerprint density at radius 3 is 2.72 bits per heavy atom. The monoisotopic (exact) mass is 253 g/mol. The molecule has 1 atom stereocenters. The molecular weight excluding hydrogens is 233 g/mol. The highest BCUT2D eigenvalue weighted by atomic mass is 19.1. The van der Waals surface area contributed by atoms with E-state index in [9.17, 15) is 4.39 Å². The molecule has 1 heterocycles. The van der Waals surface area contributed by atoms with E-state index in [0.717, 1.165) is 24.9 Å². The molecule has 1 N–H and O–H groups in total. The Labute approximate surface area is 107 Å². The third-order valence-corrected chi connectivity index (χ3v) is 3.06. The van der Waals surface area contributed by atoms with Gasteiger partial charge in [0.15, 0.2) is 11.5 Å². The van der Waals surface area contributed by atoms with Gasteiger partial charge < -0.3 is 14.8 Å². The molecule has 1 aromatic carbocycles. The number of hydrogen-bond acceptors (Lipinski definition) is 3. The van der Waals surface area contributed by atoms with E-state index in [1.165, 1.54) is 13.2 Å². The predicted octanol–water partition coefficient (Wildman–Crippen LogP) is 3.05. The maximum atomic E-state index is 13.6. The van der Waals surface area contributed by atoms with Crippen molar-refractivity contribution in [3.63, 3.8) is 0 Å². The first-order valence-corrected chi connectivity index (χ1v) is 6.39. The van der Waals surface area contributed by atoms with Crippen molar-refractivity contribution in [3.05, 3.63) is 23.5 Å². The van der Waals surface area contributed by atoms with Gasteiger partial charge in [0.1, 0.15) is 5.82 Å². The summed E-state index contributed by atoms with van der Waals surface area (Å²) in [5.74, 6) is 0.840. The minimum Gasteiger partial charge on any atom is -0.493 e. The molecule has 0 radical (unpaired) electrons. The molecule has 1 aliphatic rings. The van der Waals surface area contributed by atoms with E-state index in [4.69, 9.17) is 9.47 Å². The van der Waals surface area contributed by atoms with Gasteiger partial charge in [-0.2, -0.15) is 0 Å². The number of hydrogen-bond donors (Lipinski definition) is 1. The highest BCUT2D eigenvalue weighted by Gasteiger charge is 2.24. The van der Waals surface area contributed by atoms with Gasteiger partial charge in [0.05, 0.1) is 13.2 Å². The molecule has 3 nitrogen and oxygen atoms in total. The number of nitrogens with one attached hydrogen (secondary N) is 1. The van der Waals surface area contributed by atoms with Crippen molar-refractivity contribution in [1.29, 1.82) is 0 Å². The first kappa shape index (κ1) is 13.1. The quantitative estimate of drug-likeness (QED) is 0.894. The van der Waals surface area contributed by atoms with Crippen LogP contribution in [-0.4, -0.2) is 19.8 Å². The predicted molar refractivity (Wildman–Crippen MR) is 68.7 cm³/mol. The van der Waals surface area contributed by atoms with E-state index in [2.05, 4.69) is 5.32 Å². The number of ether oxygens (including phenoxy) is 2. The van der Waals surface area contributed by atoms with Gasteiger partial charge >= 0.3 is 0 Å². The fraction of sp³-hybridized carbons (Fsp3) is 0.571. The molecule has 4 heteroatoms. The Morgan fingerprint density at radius 1 is 1.39 bits per heavy atom. The number of methoxy groups -OCH3 is 1. The lowest BCUT2D eigenvalue weighted by atomic mass is 10.0. The largest absolute Gasteiger partial charge is 0.493 e. The van der Waals surface area contributed by atoms with Crippen molar-refractivity contribution in [3.8, 4) is 11.5 Å². The summed E-state index contributed by atoms with van der Waals surface area (Å²) < 4.78 is 24.7. The average Bonchev–Trinajstić information content (AvgIpc) is 2.83. The molecule has 0 aliphatic carbocycles. The van der Waals surface area contributed by atoms with E-state index in [0.29, 0.717) is 11.5 Å². The zero-order valence-corrected chi connectivity index (χ0v) is 11.1. The van der Waals surface area contributed by atoms with E-state index in [1.807, 2.05) is 13.8 Å². The minimum absolute atomic E-state index is 0.0320. The van der Waals surface area contributed by atoms with Crippen LogP contribution in [0.25, 0.3) is 0 Å². The summed E-state index contributed by atoms with van der Waals surface area (Å²) in [7, 11) is 1.54. The molecule has 1 aromatic rings. The third-order valence-electron chi connectivity index (χ3n) is 3.06. The van der Waals surface area contributed by atoms with Gasteiger partial charge in [-0.1, -0.05) is 0 Å². The lowest BCUT2D eigenvalue weighted by molar-refractivity contribution is 0.225. The SMILES string of the molecule is COc1cc(F)cc(C2CCCN2)c1OC(C)C. The van der Waals surface area contributed by atoms with Crippen LogP contribution < -0.4 is 14.8 Å². The summed E-state index contributed by atoms with van der Waals surface area (Å²) in [4.78, 5) is 0. The van der Waals surface area contributed by atoms with Gasteiger partial charge in [-0.05, 0) is 39.3 Å². The zero-order chi connectivity index (χ0) is 13.1. The Hall–Kier alpha value is -1.29. The van der Waals surface area contributed by atoms with E-state index < -0.39 is 0 Å². The highest BCUT2D eigenvalue weighted by molar-refractivity contribution is 5.49. The second kappa shape index (κ2) is 5.57. The number of benzene rings is 1. The summed E-state index contributed by atoms with van der Waals surface area (Å²) in [6, 6.07) is 3.07. The molecule has 18 heavy (non-hydrogen) atoms. The van der Waals surface area contributed by atoms with Crippen LogP contribution in [0.1, 0.15) is 38.3 Å². The second-order valence-electron chi connectivity index (χ2n) is 4.84. The van der Waals surface area contributed by atoms with Crippen LogP contribution in [0.2, 0.25) is 0 Å². The third kappa shape index (κ3) is 2.75. The van der Waals surface area contributed by atoms with E-state index in [-0.39, 0.29) is 18.0 Å². The lowest BCUT2D eigenvalue weighted by Crippen LogP contribution is -2.17. The fourth-order valence-electron chi connectivity index (χ4n) is 2.31. The first-order chi connectivity index (χ1) is 8.61. The van der Waals surface area contributed by atoms with E-state index in [1.54, 1.807) is 6.07 Å². The molecule has 1 saturated heterocycles. The Kier molecular flexibility index (Phi) is 4.07. The van der Waals surface area contributed by atoms with Crippen molar-refractivity contribution in [1.82, 2.24) is 5.32 Å². The standard InChI is InChI=1S/C14H20FNO2/c1-9(2)18-14-11(12-5-4-6-16-12)7-10(15)8-13(14)17-3/h7-9,12,16H,4-6H2,1-3H3. The van der Waals surface area contributed by atoms with Crippen molar-refractivity contribution in [2.75, 3.05) is 13.7 Å². The Morgan fingerprint density at radius 2 is 2.17 bits per heavy atom. The number of halogens is 1. The highest BCUT2D eigenvalue weighted by Crippen LogP contribution is 2.39. The van der Waals surface area contributed by atoms with Gasteiger partial charge in [-0.15, -0.1) is 0 Å². The molecule has 0 amide bonds. The first-order valence-electron chi connectivity index (χ1n) is 6.39. The van der Waals surface area contributed by atoms with Gasteiger partial charge in [-0.3, -0.25) is 0 Å². The smallest absolute Gasteiger partial charge is 0.166 e. The van der Waals surface area contributed by atoms with Crippen LogP contribution in [0.15, 0.2) is 12.1 Å². The lowest BCUT2D eigenvalue weighted by Gasteiger charge is -2.21. The minimum atomic E-state index is -0.286. The summed E-state index contributed by atoms with van der Waals surface area (Å²) in [6.07, 6.45) is 2.13. The summed E-state index contributed by atoms with van der Waals surface area (Å²) in [6.45, 7) is 4.87. The van der Waals surface area contributed by atoms with Gasteiger partial charge in [0.2, 0.25) is 0 Å². The Bertz CT molecular complexity index is 415. The van der Waals surface area contributed by atoms with E-state index >= 15 is 0 Å². The van der Waals surface area contributed by atoms with Gasteiger partial charge in [0.25, 0.3) is 0 Å². The number of rotatable bonds is 4.